The summed E-state index contributed by atoms with van der Waals surface area (Å²) >= 11 is 0. The Morgan fingerprint density at radius 3 is 2.43 bits per heavy atom. The molecule has 1 aliphatic rings. The van der Waals surface area contributed by atoms with Crippen molar-refractivity contribution in [1.29, 1.82) is 0 Å². The number of carbonyl (C=O) groups excluding carboxylic acids is 2. The maximum Gasteiger partial charge on any atom is 0.317 e. The van der Waals surface area contributed by atoms with Crippen LogP contribution in [0.15, 0.2) is 18.2 Å². The van der Waals surface area contributed by atoms with Gasteiger partial charge in [-0.3, -0.25) is 4.79 Å². The van der Waals surface area contributed by atoms with Crippen molar-refractivity contribution >= 4 is 11.9 Å². The van der Waals surface area contributed by atoms with E-state index in [4.69, 9.17) is 9.47 Å². The molecule has 1 aliphatic heterocycles. The topological polar surface area (TPSA) is 79.9 Å². The molecule has 0 spiro atoms. The Hall–Kier alpha value is -2.44. The molecule has 2 unspecified atom stereocenters. The maximum atomic E-state index is 12.9. The molecule has 28 heavy (non-hydrogen) atoms. The number of rotatable bonds is 7. The van der Waals surface area contributed by atoms with Crippen molar-refractivity contribution in [3.8, 4) is 11.5 Å². The molecule has 7 heteroatoms. The van der Waals surface area contributed by atoms with Gasteiger partial charge < -0.3 is 25.0 Å². The van der Waals surface area contributed by atoms with Crippen molar-refractivity contribution in [3.05, 3.63) is 23.8 Å². The second kappa shape index (κ2) is 9.66. The van der Waals surface area contributed by atoms with Crippen LogP contribution in [0.4, 0.5) is 4.79 Å². The molecule has 7 nitrogen and oxygen atoms in total. The first-order valence-corrected chi connectivity index (χ1v) is 9.81. The molecule has 3 amide bonds. The minimum Gasteiger partial charge on any atom is -0.497 e. The molecule has 0 bridgehead atoms. The predicted octanol–water partition coefficient (Wildman–Crippen LogP) is 2.61. The fraction of sp³-hybridized carbons (Fsp3) is 0.619. The summed E-state index contributed by atoms with van der Waals surface area (Å²) in [4.78, 5) is 27.2. The zero-order chi connectivity index (χ0) is 20.8. The summed E-state index contributed by atoms with van der Waals surface area (Å²) in [7, 11) is 3.22. The van der Waals surface area contributed by atoms with E-state index >= 15 is 0 Å². The third kappa shape index (κ3) is 5.30. The Morgan fingerprint density at radius 2 is 1.86 bits per heavy atom. The zero-order valence-corrected chi connectivity index (χ0v) is 17.7. The van der Waals surface area contributed by atoms with Crippen LogP contribution in [0, 0.1) is 11.8 Å². The number of hydrogen-bond acceptors (Lipinski definition) is 4. The normalized spacial score (nSPS) is 19.1. The predicted molar refractivity (Wildman–Crippen MR) is 109 cm³/mol. The lowest BCUT2D eigenvalue weighted by Gasteiger charge is -2.21. The standard InChI is InChI=1S/C21H33N3O4/c1-13(2)10-22-20(25)18-12-24(21(26)23-14(3)4)11-17(18)16-9-15(27-5)7-8-19(16)28-6/h7-9,13-14,17-18H,10-12H2,1-6H3,(H,22,25)(H,23,26). The van der Waals surface area contributed by atoms with Crippen LogP contribution in [-0.2, 0) is 4.79 Å². The van der Waals surface area contributed by atoms with E-state index in [0.29, 0.717) is 37.1 Å². The number of likely N-dealkylation sites (tertiary alicyclic amines) is 1. The molecule has 2 N–H and O–H groups in total. The van der Waals surface area contributed by atoms with Crippen molar-refractivity contribution in [1.82, 2.24) is 15.5 Å². The van der Waals surface area contributed by atoms with Gasteiger partial charge in [-0.15, -0.1) is 0 Å². The molecule has 1 aromatic carbocycles. The van der Waals surface area contributed by atoms with E-state index in [2.05, 4.69) is 24.5 Å². The Kier molecular flexibility index (Phi) is 7.54. The Labute approximate surface area is 167 Å². The van der Waals surface area contributed by atoms with E-state index in [9.17, 15) is 9.59 Å². The molecular weight excluding hydrogens is 358 g/mol. The van der Waals surface area contributed by atoms with Crippen molar-refractivity contribution < 1.29 is 19.1 Å². The van der Waals surface area contributed by atoms with Crippen LogP contribution in [-0.4, -0.2) is 56.7 Å². The molecule has 1 aromatic rings. The van der Waals surface area contributed by atoms with Gasteiger partial charge in [-0.1, -0.05) is 13.8 Å². The molecule has 0 saturated carbocycles. The quantitative estimate of drug-likeness (QED) is 0.749. The molecule has 2 atom stereocenters. The smallest absolute Gasteiger partial charge is 0.317 e. The van der Waals surface area contributed by atoms with Gasteiger partial charge in [0.25, 0.3) is 0 Å². The highest BCUT2D eigenvalue weighted by Crippen LogP contribution is 2.39. The molecule has 1 saturated heterocycles. The molecular formula is C21H33N3O4. The second-order valence-corrected chi connectivity index (χ2v) is 7.97. The van der Waals surface area contributed by atoms with Gasteiger partial charge in [-0.25, -0.2) is 4.79 Å². The minimum atomic E-state index is -0.349. The van der Waals surface area contributed by atoms with Crippen molar-refractivity contribution in [2.45, 2.75) is 39.7 Å². The van der Waals surface area contributed by atoms with E-state index in [0.717, 1.165) is 5.56 Å². The highest BCUT2D eigenvalue weighted by atomic mass is 16.5. The van der Waals surface area contributed by atoms with Crippen LogP contribution >= 0.6 is 0 Å². The molecule has 0 radical (unpaired) electrons. The summed E-state index contributed by atoms with van der Waals surface area (Å²) in [6.45, 7) is 9.37. The van der Waals surface area contributed by atoms with Crippen LogP contribution in [0.1, 0.15) is 39.2 Å². The zero-order valence-electron chi connectivity index (χ0n) is 17.7. The van der Waals surface area contributed by atoms with Crippen LogP contribution in [0.3, 0.4) is 0 Å². The van der Waals surface area contributed by atoms with Crippen molar-refractivity contribution in [2.24, 2.45) is 11.8 Å². The van der Waals surface area contributed by atoms with E-state index < -0.39 is 0 Å². The number of nitrogens with zero attached hydrogens (tertiary/aromatic N) is 1. The number of nitrogens with one attached hydrogen (secondary N) is 2. The van der Waals surface area contributed by atoms with Gasteiger partial charge in [-0.2, -0.15) is 0 Å². The molecule has 1 fully saturated rings. The first-order chi connectivity index (χ1) is 13.3. The van der Waals surface area contributed by atoms with Gasteiger partial charge in [-0.05, 0) is 38.0 Å². The first-order valence-electron chi connectivity index (χ1n) is 9.81. The van der Waals surface area contributed by atoms with Gasteiger partial charge in [0, 0.05) is 37.2 Å². The van der Waals surface area contributed by atoms with Crippen LogP contribution < -0.4 is 20.1 Å². The average Bonchev–Trinajstić information content (AvgIpc) is 3.10. The SMILES string of the molecule is COc1ccc(OC)c(C2CN(C(=O)NC(C)C)CC2C(=O)NCC(C)C)c1. The third-order valence-corrected chi connectivity index (χ3v) is 4.88. The largest absolute Gasteiger partial charge is 0.497 e. The summed E-state index contributed by atoms with van der Waals surface area (Å²) in [5.41, 5.74) is 0.881. The summed E-state index contributed by atoms with van der Waals surface area (Å²) in [6.07, 6.45) is 0. The summed E-state index contributed by atoms with van der Waals surface area (Å²) in [5.74, 6) is 1.19. The average molecular weight is 392 g/mol. The lowest BCUT2D eigenvalue weighted by atomic mass is 9.87. The second-order valence-electron chi connectivity index (χ2n) is 7.97. The van der Waals surface area contributed by atoms with E-state index in [1.807, 2.05) is 32.0 Å². The highest BCUT2D eigenvalue weighted by Gasteiger charge is 2.41. The summed E-state index contributed by atoms with van der Waals surface area (Å²) in [6, 6.07) is 5.45. The van der Waals surface area contributed by atoms with E-state index in [1.165, 1.54) is 0 Å². The van der Waals surface area contributed by atoms with Gasteiger partial charge in [0.05, 0.1) is 20.1 Å². The molecule has 0 aliphatic carbocycles. The van der Waals surface area contributed by atoms with Crippen LogP contribution in [0.2, 0.25) is 0 Å². The van der Waals surface area contributed by atoms with Crippen LogP contribution in [0.25, 0.3) is 0 Å². The van der Waals surface area contributed by atoms with Crippen molar-refractivity contribution in [2.75, 3.05) is 33.9 Å². The molecule has 2 rings (SSSR count). The van der Waals surface area contributed by atoms with Gasteiger partial charge in [0.1, 0.15) is 11.5 Å². The number of urea groups is 1. The minimum absolute atomic E-state index is 0.0334. The van der Waals surface area contributed by atoms with E-state index in [-0.39, 0.29) is 29.8 Å². The monoisotopic (exact) mass is 391 g/mol. The maximum absolute atomic E-state index is 12.9. The van der Waals surface area contributed by atoms with Gasteiger partial charge in [0.15, 0.2) is 0 Å². The highest BCUT2D eigenvalue weighted by molar-refractivity contribution is 5.83. The Morgan fingerprint density at radius 1 is 1.14 bits per heavy atom. The summed E-state index contributed by atoms with van der Waals surface area (Å²) in [5, 5.41) is 5.94. The van der Waals surface area contributed by atoms with E-state index in [1.54, 1.807) is 19.1 Å². The lowest BCUT2D eigenvalue weighted by molar-refractivity contribution is -0.125. The van der Waals surface area contributed by atoms with Crippen LogP contribution in [0.5, 0.6) is 11.5 Å². The van der Waals surface area contributed by atoms with Gasteiger partial charge in [0.2, 0.25) is 5.91 Å². The molecule has 156 valence electrons. The fourth-order valence-corrected chi connectivity index (χ4v) is 3.45. The number of carbonyl (C=O) groups is 2. The number of amides is 3. The van der Waals surface area contributed by atoms with Gasteiger partial charge >= 0.3 is 6.03 Å². The third-order valence-electron chi connectivity index (χ3n) is 4.88. The molecule has 0 aromatic heterocycles. The Balaban J connectivity index is 2.33. The first kappa shape index (κ1) is 21.9. The summed E-state index contributed by atoms with van der Waals surface area (Å²) < 4.78 is 10.9. The molecule has 1 heterocycles. The lowest BCUT2D eigenvalue weighted by Crippen LogP contribution is -2.42. The number of hydrogen-bond donors (Lipinski definition) is 2. The number of ether oxygens (including phenoxy) is 2. The van der Waals surface area contributed by atoms with Crippen molar-refractivity contribution in [3.63, 3.8) is 0 Å². The number of methoxy groups -OCH3 is 2. The Bertz CT molecular complexity index is 690. The fourth-order valence-electron chi connectivity index (χ4n) is 3.45. The number of benzene rings is 1.